The highest BCUT2D eigenvalue weighted by molar-refractivity contribution is 7.14. The average molecular weight is 311 g/mol. The maximum atomic E-state index is 5.83. The van der Waals surface area contributed by atoms with Gasteiger partial charge in [0.05, 0.1) is 11.0 Å². The number of thiazole rings is 2. The van der Waals surface area contributed by atoms with E-state index in [4.69, 9.17) is 15.7 Å². The maximum absolute atomic E-state index is 5.83. The monoisotopic (exact) mass is 311 g/mol. The summed E-state index contributed by atoms with van der Waals surface area (Å²) in [5.74, 6) is 0. The number of nitrogen functional groups attached to an aromatic ring is 1. The van der Waals surface area contributed by atoms with E-state index < -0.39 is 0 Å². The molecule has 0 saturated carbocycles. The number of hydrogen-bond donors (Lipinski definition) is 1. The van der Waals surface area contributed by atoms with E-state index in [1.165, 1.54) is 22.7 Å². The summed E-state index contributed by atoms with van der Waals surface area (Å²) < 4.78 is 0. The van der Waals surface area contributed by atoms with E-state index in [1.54, 1.807) is 12.4 Å². The van der Waals surface area contributed by atoms with Crippen LogP contribution in [0, 0.1) is 0 Å². The Hall–Kier alpha value is -2.38. The third-order valence-electron chi connectivity index (χ3n) is 2.96. The molecule has 102 valence electrons. The van der Waals surface area contributed by atoms with Gasteiger partial charge in [-0.2, -0.15) is 0 Å². The Balaban J connectivity index is 2.05. The van der Waals surface area contributed by atoms with Gasteiger partial charge in [0.25, 0.3) is 0 Å². The van der Waals surface area contributed by atoms with Gasteiger partial charge in [-0.25, -0.2) is 19.9 Å². The molecule has 3 aromatic heterocycles. The molecule has 7 heteroatoms. The van der Waals surface area contributed by atoms with Crippen molar-refractivity contribution in [3.8, 4) is 21.4 Å². The van der Waals surface area contributed by atoms with Gasteiger partial charge in [-0.15, -0.1) is 22.7 Å². The predicted octanol–water partition coefficient (Wildman–Crippen LogP) is 3.46. The van der Waals surface area contributed by atoms with E-state index in [2.05, 4.69) is 9.97 Å². The van der Waals surface area contributed by atoms with E-state index in [9.17, 15) is 0 Å². The SMILES string of the molecule is Nc1ccc2nc(-c3nccs3)c(-c3nccs3)nc2c1. The van der Waals surface area contributed by atoms with Crippen molar-refractivity contribution in [2.45, 2.75) is 0 Å². The number of nitrogens with two attached hydrogens (primary N) is 1. The van der Waals surface area contributed by atoms with Gasteiger partial charge in [0.15, 0.2) is 0 Å². The molecule has 1 aromatic carbocycles. The second-order valence-corrected chi connectivity index (χ2v) is 6.13. The summed E-state index contributed by atoms with van der Waals surface area (Å²) in [6.07, 6.45) is 3.53. The molecule has 5 nitrogen and oxygen atoms in total. The summed E-state index contributed by atoms with van der Waals surface area (Å²) in [7, 11) is 0. The van der Waals surface area contributed by atoms with Crippen molar-refractivity contribution >= 4 is 39.4 Å². The Bertz CT molecular complexity index is 901. The molecule has 2 N–H and O–H groups in total. The molecule has 0 atom stereocenters. The number of fused-ring (bicyclic) bond motifs is 1. The molecule has 4 aromatic rings. The van der Waals surface area contributed by atoms with E-state index in [0.29, 0.717) is 5.69 Å². The van der Waals surface area contributed by atoms with Gasteiger partial charge >= 0.3 is 0 Å². The van der Waals surface area contributed by atoms with Crippen molar-refractivity contribution in [2.75, 3.05) is 5.73 Å². The quantitative estimate of drug-likeness (QED) is 0.574. The first-order valence-corrected chi connectivity index (χ1v) is 7.94. The van der Waals surface area contributed by atoms with E-state index in [1.807, 2.05) is 29.0 Å². The Morgan fingerprint density at radius 3 is 2.00 bits per heavy atom. The molecule has 0 saturated heterocycles. The minimum atomic E-state index is 0.670. The molecule has 4 rings (SSSR count). The summed E-state index contributed by atoms with van der Waals surface area (Å²) in [5.41, 5.74) is 9.58. The van der Waals surface area contributed by atoms with E-state index in [0.717, 1.165) is 32.4 Å². The van der Waals surface area contributed by atoms with Crippen LogP contribution in [0.5, 0.6) is 0 Å². The molecule has 0 amide bonds. The smallest absolute Gasteiger partial charge is 0.144 e. The molecular formula is C14H9N5S2. The summed E-state index contributed by atoms with van der Waals surface area (Å²) in [4.78, 5) is 18.1. The highest BCUT2D eigenvalue weighted by atomic mass is 32.1. The molecule has 0 fully saturated rings. The maximum Gasteiger partial charge on any atom is 0.144 e. The van der Waals surface area contributed by atoms with Crippen LogP contribution >= 0.6 is 22.7 Å². The third-order valence-corrected chi connectivity index (χ3v) is 4.52. The molecule has 0 aliphatic rings. The summed E-state index contributed by atoms with van der Waals surface area (Å²) in [5, 5.41) is 5.52. The van der Waals surface area contributed by atoms with Crippen LogP contribution in [0.2, 0.25) is 0 Å². The van der Waals surface area contributed by atoms with Gasteiger partial charge < -0.3 is 5.73 Å². The molecule has 0 aliphatic heterocycles. The van der Waals surface area contributed by atoms with Crippen molar-refractivity contribution in [3.63, 3.8) is 0 Å². The fourth-order valence-corrected chi connectivity index (χ4v) is 3.30. The number of hydrogen-bond acceptors (Lipinski definition) is 7. The predicted molar refractivity (Wildman–Crippen MR) is 86.2 cm³/mol. The molecule has 0 aliphatic carbocycles. The normalized spacial score (nSPS) is 11.0. The standard InChI is InChI=1S/C14H9N5S2/c15-8-1-2-9-10(7-8)19-12(14-17-4-6-21-14)11(18-9)13-16-3-5-20-13/h1-7H,15H2. The number of rotatable bonds is 2. The van der Waals surface area contributed by atoms with Crippen LogP contribution in [0.1, 0.15) is 0 Å². The molecule has 0 bridgehead atoms. The summed E-state index contributed by atoms with van der Waals surface area (Å²) in [6.45, 7) is 0. The minimum Gasteiger partial charge on any atom is -0.399 e. The van der Waals surface area contributed by atoms with Gasteiger partial charge in [-0.3, -0.25) is 0 Å². The first kappa shape index (κ1) is 12.4. The summed E-state index contributed by atoms with van der Waals surface area (Å²) in [6, 6.07) is 5.52. The van der Waals surface area contributed by atoms with Gasteiger partial charge in [-0.05, 0) is 18.2 Å². The number of benzene rings is 1. The third kappa shape index (κ3) is 2.16. The lowest BCUT2D eigenvalue weighted by atomic mass is 10.2. The largest absolute Gasteiger partial charge is 0.399 e. The minimum absolute atomic E-state index is 0.670. The van der Waals surface area contributed by atoms with Gasteiger partial charge in [0.2, 0.25) is 0 Å². The highest BCUT2D eigenvalue weighted by Gasteiger charge is 2.16. The van der Waals surface area contributed by atoms with Crippen LogP contribution < -0.4 is 5.73 Å². The zero-order chi connectivity index (χ0) is 14.2. The molecule has 0 spiro atoms. The van der Waals surface area contributed by atoms with Crippen molar-refractivity contribution < 1.29 is 0 Å². The van der Waals surface area contributed by atoms with Gasteiger partial charge in [-0.1, -0.05) is 0 Å². The second kappa shape index (κ2) is 4.87. The van der Waals surface area contributed by atoms with E-state index >= 15 is 0 Å². The lowest BCUT2D eigenvalue weighted by Gasteiger charge is -2.06. The van der Waals surface area contributed by atoms with Crippen LogP contribution in [0.25, 0.3) is 32.4 Å². The lowest BCUT2D eigenvalue weighted by Crippen LogP contribution is -1.96. The number of aromatic nitrogens is 4. The molecule has 3 heterocycles. The zero-order valence-electron chi connectivity index (χ0n) is 10.7. The summed E-state index contributed by atoms with van der Waals surface area (Å²) >= 11 is 3.07. The second-order valence-electron chi connectivity index (χ2n) is 4.34. The first-order chi connectivity index (χ1) is 10.3. The van der Waals surface area contributed by atoms with Crippen LogP contribution in [0.4, 0.5) is 5.69 Å². The van der Waals surface area contributed by atoms with E-state index in [-0.39, 0.29) is 0 Å². The Labute approximate surface area is 128 Å². The van der Waals surface area contributed by atoms with Crippen molar-refractivity contribution in [1.82, 2.24) is 19.9 Å². The molecule has 0 unspecified atom stereocenters. The highest BCUT2D eigenvalue weighted by Crippen LogP contribution is 2.33. The topological polar surface area (TPSA) is 77.6 Å². The van der Waals surface area contributed by atoms with Crippen molar-refractivity contribution in [3.05, 3.63) is 41.4 Å². The van der Waals surface area contributed by atoms with Gasteiger partial charge in [0, 0.05) is 28.8 Å². The fraction of sp³-hybridized carbons (Fsp3) is 0. The Morgan fingerprint density at radius 2 is 1.43 bits per heavy atom. The average Bonchev–Trinajstić information content (AvgIpc) is 3.19. The zero-order valence-corrected chi connectivity index (χ0v) is 12.4. The lowest BCUT2D eigenvalue weighted by molar-refractivity contribution is 1.25. The first-order valence-electron chi connectivity index (χ1n) is 6.18. The van der Waals surface area contributed by atoms with Crippen LogP contribution in [0.3, 0.4) is 0 Å². The molecule has 0 radical (unpaired) electrons. The molecule has 21 heavy (non-hydrogen) atoms. The van der Waals surface area contributed by atoms with Crippen molar-refractivity contribution in [1.29, 1.82) is 0 Å². The molecular weight excluding hydrogens is 302 g/mol. The van der Waals surface area contributed by atoms with Crippen LogP contribution in [-0.4, -0.2) is 19.9 Å². The Kier molecular flexibility index (Phi) is 2.87. The number of anilines is 1. The Morgan fingerprint density at radius 1 is 0.810 bits per heavy atom. The van der Waals surface area contributed by atoms with Crippen LogP contribution in [-0.2, 0) is 0 Å². The van der Waals surface area contributed by atoms with Crippen molar-refractivity contribution in [2.24, 2.45) is 0 Å². The fourth-order valence-electron chi connectivity index (χ4n) is 2.05. The van der Waals surface area contributed by atoms with Crippen LogP contribution in [0.15, 0.2) is 41.4 Å². The number of nitrogens with zero attached hydrogens (tertiary/aromatic N) is 4. The van der Waals surface area contributed by atoms with Gasteiger partial charge in [0.1, 0.15) is 21.4 Å².